The maximum atomic E-state index is 14.1. The van der Waals surface area contributed by atoms with E-state index in [1.807, 2.05) is 13.0 Å². The molecule has 0 spiro atoms. The van der Waals surface area contributed by atoms with Crippen LogP contribution in [0.2, 0.25) is 0 Å². The summed E-state index contributed by atoms with van der Waals surface area (Å²) in [5.41, 5.74) is 2.10. The van der Waals surface area contributed by atoms with E-state index in [9.17, 15) is 14.5 Å². The van der Waals surface area contributed by atoms with Crippen LogP contribution in [0.25, 0.3) is 0 Å². The highest BCUT2D eigenvalue weighted by Gasteiger charge is 2.24. The van der Waals surface area contributed by atoms with Gasteiger partial charge in [0.25, 0.3) is 0 Å². The Hall–Kier alpha value is -2.48. The zero-order chi connectivity index (χ0) is 18.0. The fraction of sp³-hybridized carbons (Fsp3) is 0.471. The van der Waals surface area contributed by atoms with E-state index in [0.29, 0.717) is 17.9 Å². The summed E-state index contributed by atoms with van der Waals surface area (Å²) in [5.74, 6) is -0.185. The number of hydrogen-bond donors (Lipinski definition) is 1. The summed E-state index contributed by atoms with van der Waals surface area (Å²) in [5, 5.41) is 18.5. The number of nitrogens with one attached hydrogen (secondary N) is 1. The Bertz CT molecular complexity index is 748. The topological polar surface area (TPSA) is 76.2 Å². The normalized spacial score (nSPS) is 15.6. The van der Waals surface area contributed by atoms with Crippen molar-refractivity contribution in [2.45, 2.75) is 32.4 Å². The van der Waals surface area contributed by atoms with Crippen molar-refractivity contribution in [3.8, 4) is 0 Å². The molecule has 2 heterocycles. The Kier molecular flexibility index (Phi) is 4.98. The molecule has 25 heavy (non-hydrogen) atoms. The first-order valence-electron chi connectivity index (χ1n) is 8.36. The van der Waals surface area contributed by atoms with Gasteiger partial charge in [-0.05, 0) is 31.4 Å². The third-order valence-electron chi connectivity index (χ3n) is 4.64. The Balaban J connectivity index is 1.58. The molecule has 1 aliphatic heterocycles. The number of nitro groups is 1. The first-order chi connectivity index (χ1) is 12.0. The summed E-state index contributed by atoms with van der Waals surface area (Å²) in [6.45, 7) is 3.79. The number of piperidine rings is 1. The van der Waals surface area contributed by atoms with Crippen LogP contribution in [-0.2, 0) is 13.6 Å². The molecule has 0 amide bonds. The van der Waals surface area contributed by atoms with E-state index in [1.54, 1.807) is 13.1 Å². The first kappa shape index (κ1) is 17.3. The molecule has 7 nitrogen and oxygen atoms in total. The van der Waals surface area contributed by atoms with Crippen molar-refractivity contribution in [2.24, 2.45) is 7.05 Å². The molecule has 1 aromatic heterocycles. The van der Waals surface area contributed by atoms with Crippen LogP contribution in [0.5, 0.6) is 0 Å². The summed E-state index contributed by atoms with van der Waals surface area (Å²) < 4.78 is 15.5. The standard InChI is InChI=1S/C17H22FN5O2/c1-12-4-3-5-14(18)17(12)22-8-6-13(7-9-22)19-10-15-16(23(24)25)11-21(2)20-15/h3-5,11,13,19H,6-10H2,1-2H3. The summed E-state index contributed by atoms with van der Waals surface area (Å²) in [6, 6.07) is 5.38. The second kappa shape index (κ2) is 7.18. The van der Waals surface area contributed by atoms with Crippen molar-refractivity contribution in [3.05, 3.63) is 51.6 Å². The molecule has 1 N–H and O–H groups in total. The minimum absolute atomic E-state index is 0.0365. The second-order valence-corrected chi connectivity index (χ2v) is 6.44. The smallest absolute Gasteiger partial charge is 0.311 e. The van der Waals surface area contributed by atoms with Crippen molar-refractivity contribution < 1.29 is 9.31 Å². The van der Waals surface area contributed by atoms with E-state index in [2.05, 4.69) is 15.3 Å². The number of rotatable bonds is 5. The Morgan fingerprint density at radius 2 is 2.12 bits per heavy atom. The van der Waals surface area contributed by atoms with Crippen LogP contribution in [0.3, 0.4) is 0 Å². The molecule has 1 fully saturated rings. The van der Waals surface area contributed by atoms with Crippen LogP contribution in [0.15, 0.2) is 24.4 Å². The van der Waals surface area contributed by atoms with E-state index in [4.69, 9.17) is 0 Å². The number of aryl methyl sites for hydroxylation is 2. The number of halogens is 1. The molecule has 0 atom stereocenters. The molecule has 0 unspecified atom stereocenters. The van der Waals surface area contributed by atoms with Crippen molar-refractivity contribution in [1.29, 1.82) is 0 Å². The van der Waals surface area contributed by atoms with E-state index in [1.165, 1.54) is 16.9 Å². The third-order valence-corrected chi connectivity index (χ3v) is 4.64. The highest BCUT2D eigenvalue weighted by Crippen LogP contribution is 2.27. The van der Waals surface area contributed by atoms with E-state index >= 15 is 0 Å². The summed E-state index contributed by atoms with van der Waals surface area (Å²) in [7, 11) is 1.67. The van der Waals surface area contributed by atoms with E-state index < -0.39 is 4.92 Å². The van der Waals surface area contributed by atoms with Gasteiger partial charge in [0, 0.05) is 32.7 Å². The number of benzene rings is 1. The maximum absolute atomic E-state index is 14.1. The van der Waals surface area contributed by atoms with Crippen molar-refractivity contribution >= 4 is 11.4 Å². The zero-order valence-corrected chi connectivity index (χ0v) is 14.4. The molecule has 0 saturated carbocycles. The van der Waals surface area contributed by atoms with Gasteiger partial charge in [-0.25, -0.2) is 4.39 Å². The third kappa shape index (κ3) is 3.79. The molecule has 1 aliphatic rings. The zero-order valence-electron chi connectivity index (χ0n) is 14.4. The molecule has 1 aromatic carbocycles. The lowest BCUT2D eigenvalue weighted by molar-refractivity contribution is -0.385. The lowest BCUT2D eigenvalue weighted by Gasteiger charge is -2.35. The first-order valence-corrected chi connectivity index (χ1v) is 8.36. The molecule has 0 radical (unpaired) electrons. The molecule has 8 heteroatoms. The van der Waals surface area contributed by atoms with Gasteiger partial charge in [0.05, 0.1) is 10.6 Å². The van der Waals surface area contributed by atoms with Gasteiger partial charge < -0.3 is 10.2 Å². The molecule has 2 aromatic rings. The Morgan fingerprint density at radius 3 is 2.76 bits per heavy atom. The number of anilines is 1. The monoisotopic (exact) mass is 347 g/mol. The summed E-state index contributed by atoms with van der Waals surface area (Å²) in [4.78, 5) is 12.7. The molecule has 0 aliphatic carbocycles. The largest absolute Gasteiger partial charge is 0.369 e. The lowest BCUT2D eigenvalue weighted by atomic mass is 10.0. The van der Waals surface area contributed by atoms with Crippen LogP contribution < -0.4 is 10.2 Å². The number of para-hydroxylation sites is 1. The van der Waals surface area contributed by atoms with Crippen molar-refractivity contribution in [3.63, 3.8) is 0 Å². The van der Waals surface area contributed by atoms with Gasteiger partial charge in [0.15, 0.2) is 5.69 Å². The predicted molar refractivity (Wildman–Crippen MR) is 93.1 cm³/mol. The van der Waals surface area contributed by atoms with E-state index in [0.717, 1.165) is 31.5 Å². The molecular formula is C17H22FN5O2. The van der Waals surface area contributed by atoms with Crippen LogP contribution in [0, 0.1) is 22.9 Å². The SMILES string of the molecule is Cc1cccc(F)c1N1CCC(NCc2nn(C)cc2[N+](=O)[O-])CC1. The summed E-state index contributed by atoms with van der Waals surface area (Å²) in [6.07, 6.45) is 3.13. The minimum Gasteiger partial charge on any atom is -0.369 e. The van der Waals surface area contributed by atoms with Gasteiger partial charge in [-0.15, -0.1) is 0 Å². The fourth-order valence-electron chi connectivity index (χ4n) is 3.37. The number of hydrogen-bond acceptors (Lipinski definition) is 5. The minimum atomic E-state index is -0.409. The van der Waals surface area contributed by atoms with Crippen LogP contribution >= 0.6 is 0 Å². The second-order valence-electron chi connectivity index (χ2n) is 6.44. The number of aromatic nitrogens is 2. The van der Waals surface area contributed by atoms with Crippen molar-refractivity contribution in [2.75, 3.05) is 18.0 Å². The molecule has 0 bridgehead atoms. The van der Waals surface area contributed by atoms with Gasteiger partial charge in [-0.3, -0.25) is 14.8 Å². The molecule has 1 saturated heterocycles. The summed E-state index contributed by atoms with van der Waals surface area (Å²) >= 11 is 0. The van der Waals surface area contributed by atoms with Gasteiger partial charge in [0.1, 0.15) is 12.0 Å². The van der Waals surface area contributed by atoms with Gasteiger partial charge in [0.2, 0.25) is 0 Å². The molecule has 3 rings (SSSR count). The molecule has 134 valence electrons. The van der Waals surface area contributed by atoms with E-state index in [-0.39, 0.29) is 17.5 Å². The lowest BCUT2D eigenvalue weighted by Crippen LogP contribution is -2.42. The van der Waals surface area contributed by atoms with Crippen LogP contribution in [0.4, 0.5) is 15.8 Å². The molecular weight excluding hydrogens is 325 g/mol. The van der Waals surface area contributed by atoms with Gasteiger partial charge >= 0.3 is 5.69 Å². The quantitative estimate of drug-likeness (QED) is 0.664. The average Bonchev–Trinajstić information content (AvgIpc) is 2.95. The highest BCUT2D eigenvalue weighted by molar-refractivity contribution is 5.54. The Labute approximate surface area is 145 Å². The Morgan fingerprint density at radius 1 is 1.40 bits per heavy atom. The number of nitrogens with zero attached hydrogens (tertiary/aromatic N) is 4. The van der Waals surface area contributed by atoms with Crippen LogP contribution in [0.1, 0.15) is 24.1 Å². The maximum Gasteiger partial charge on any atom is 0.311 e. The predicted octanol–water partition coefficient (Wildman–Crippen LogP) is 2.53. The van der Waals surface area contributed by atoms with Crippen molar-refractivity contribution in [1.82, 2.24) is 15.1 Å². The highest BCUT2D eigenvalue weighted by atomic mass is 19.1. The average molecular weight is 347 g/mol. The van der Waals surface area contributed by atoms with Crippen LogP contribution in [-0.4, -0.2) is 33.8 Å². The van der Waals surface area contributed by atoms with Gasteiger partial charge in [-0.2, -0.15) is 5.10 Å². The fourth-order valence-corrected chi connectivity index (χ4v) is 3.37. The van der Waals surface area contributed by atoms with Gasteiger partial charge in [-0.1, -0.05) is 12.1 Å².